The monoisotopic (exact) mass is 473 g/mol. The molecule has 0 bridgehead atoms. The fourth-order valence-corrected chi connectivity index (χ4v) is 5.06. The molecular weight excluding hydrogens is 450 g/mol. The highest BCUT2D eigenvalue weighted by atomic mass is 35.5. The van der Waals surface area contributed by atoms with Gasteiger partial charge in [-0.2, -0.15) is 0 Å². The van der Waals surface area contributed by atoms with Crippen molar-refractivity contribution in [2.24, 2.45) is 0 Å². The number of halogens is 1. The zero-order chi connectivity index (χ0) is 22.7. The predicted octanol–water partition coefficient (Wildman–Crippen LogP) is 4.59. The van der Waals surface area contributed by atoms with E-state index in [1.165, 1.54) is 32.1 Å². The van der Waals surface area contributed by atoms with Gasteiger partial charge in [-0.1, -0.05) is 11.6 Å². The van der Waals surface area contributed by atoms with Crippen molar-refractivity contribution in [2.45, 2.75) is 24.7 Å². The zero-order valence-electron chi connectivity index (χ0n) is 17.8. The highest BCUT2D eigenvalue weighted by Crippen LogP contribution is 2.29. The molecule has 32 heavy (non-hydrogen) atoms. The maximum atomic E-state index is 12.8. The van der Waals surface area contributed by atoms with Gasteiger partial charge in [-0.15, -0.1) is 0 Å². The first-order valence-corrected chi connectivity index (χ1v) is 12.0. The molecular formula is C22H24ClN5O3S. The number of sulfonamides is 1. The Morgan fingerprint density at radius 2 is 1.69 bits per heavy atom. The Labute approximate surface area is 192 Å². The molecule has 3 aromatic rings. The summed E-state index contributed by atoms with van der Waals surface area (Å²) in [5.41, 5.74) is 1.19. The van der Waals surface area contributed by atoms with Gasteiger partial charge < -0.3 is 15.0 Å². The van der Waals surface area contributed by atoms with Crippen LogP contribution in [0.2, 0.25) is 5.02 Å². The number of rotatable bonds is 7. The average Bonchev–Trinajstić information content (AvgIpc) is 3.30. The topological polar surface area (TPSA) is 96.5 Å². The summed E-state index contributed by atoms with van der Waals surface area (Å²) in [4.78, 5) is 11.2. The van der Waals surface area contributed by atoms with Crippen molar-refractivity contribution in [1.82, 2.24) is 9.97 Å². The smallest absolute Gasteiger partial charge is 0.265 e. The molecule has 0 saturated carbocycles. The van der Waals surface area contributed by atoms with Crippen molar-refractivity contribution in [3.05, 3.63) is 59.4 Å². The number of aryl methyl sites for hydroxylation is 1. The number of hydrogen-bond acceptors (Lipinski definition) is 7. The predicted molar refractivity (Wildman–Crippen MR) is 127 cm³/mol. The van der Waals surface area contributed by atoms with Gasteiger partial charge in [0.15, 0.2) is 0 Å². The molecule has 0 unspecified atom stereocenters. The van der Waals surface area contributed by atoms with E-state index >= 15 is 0 Å². The maximum Gasteiger partial charge on any atom is 0.265 e. The molecule has 2 aromatic carbocycles. The maximum absolute atomic E-state index is 12.8. The van der Waals surface area contributed by atoms with Crippen LogP contribution in [0.15, 0.2) is 53.4 Å². The summed E-state index contributed by atoms with van der Waals surface area (Å²) in [6.45, 7) is 3.87. The molecule has 1 aromatic heterocycles. The van der Waals surface area contributed by atoms with Crippen LogP contribution >= 0.6 is 11.6 Å². The van der Waals surface area contributed by atoms with E-state index < -0.39 is 10.0 Å². The van der Waals surface area contributed by atoms with E-state index in [9.17, 15) is 8.42 Å². The van der Waals surface area contributed by atoms with E-state index in [1.54, 1.807) is 30.3 Å². The Morgan fingerprint density at radius 3 is 2.38 bits per heavy atom. The summed E-state index contributed by atoms with van der Waals surface area (Å²) in [6, 6.07) is 13.3. The number of benzene rings is 2. The molecule has 0 atom stereocenters. The standard InChI is InChI=1S/C22H24ClN5O3S/c1-15-24-21(14-22(25-15)28-11-3-4-12-28)26-17-6-8-18(9-7-17)27-32(29,30)20-13-16(23)5-10-19(20)31-2/h5-10,13-14,27H,3-4,11-12H2,1-2H3,(H,24,25,26). The van der Waals surface area contributed by atoms with Crippen molar-refractivity contribution in [1.29, 1.82) is 0 Å². The van der Waals surface area contributed by atoms with Crippen LogP contribution in [0.5, 0.6) is 5.75 Å². The number of hydrogen-bond donors (Lipinski definition) is 2. The average molecular weight is 474 g/mol. The lowest BCUT2D eigenvalue weighted by atomic mass is 10.3. The molecule has 2 heterocycles. The van der Waals surface area contributed by atoms with Gasteiger partial charge in [0.05, 0.1) is 7.11 Å². The SMILES string of the molecule is COc1ccc(Cl)cc1S(=O)(=O)Nc1ccc(Nc2cc(N3CCCC3)nc(C)n2)cc1. The Hall–Kier alpha value is -3.04. The van der Waals surface area contributed by atoms with Gasteiger partial charge in [-0.3, -0.25) is 4.72 Å². The van der Waals surface area contributed by atoms with Crippen LogP contribution in [-0.4, -0.2) is 38.6 Å². The molecule has 10 heteroatoms. The minimum atomic E-state index is -3.88. The third kappa shape index (κ3) is 5.05. The van der Waals surface area contributed by atoms with Crippen molar-refractivity contribution in [3.63, 3.8) is 0 Å². The Bertz CT molecular complexity index is 1210. The van der Waals surface area contributed by atoms with Gasteiger partial charge in [-0.05, 0) is 62.2 Å². The van der Waals surface area contributed by atoms with Crippen LogP contribution in [0, 0.1) is 6.92 Å². The first kappa shape index (κ1) is 22.2. The lowest BCUT2D eigenvalue weighted by molar-refractivity contribution is 0.403. The molecule has 1 fully saturated rings. The largest absolute Gasteiger partial charge is 0.495 e. The van der Waals surface area contributed by atoms with Gasteiger partial charge in [0.25, 0.3) is 10.0 Å². The van der Waals surface area contributed by atoms with Crippen molar-refractivity contribution >= 4 is 44.6 Å². The molecule has 1 saturated heterocycles. The molecule has 1 aliphatic rings. The van der Waals surface area contributed by atoms with Crippen LogP contribution in [-0.2, 0) is 10.0 Å². The highest BCUT2D eigenvalue weighted by Gasteiger charge is 2.20. The lowest BCUT2D eigenvalue weighted by Crippen LogP contribution is -2.19. The summed E-state index contributed by atoms with van der Waals surface area (Å²) < 4.78 is 33.4. The molecule has 0 amide bonds. The highest BCUT2D eigenvalue weighted by molar-refractivity contribution is 7.92. The van der Waals surface area contributed by atoms with E-state index in [0.717, 1.165) is 24.6 Å². The summed E-state index contributed by atoms with van der Waals surface area (Å²) in [7, 11) is -2.47. The summed E-state index contributed by atoms with van der Waals surface area (Å²) in [5, 5.41) is 3.57. The summed E-state index contributed by atoms with van der Waals surface area (Å²) in [6.07, 6.45) is 2.34. The number of nitrogens with zero attached hydrogens (tertiary/aromatic N) is 3. The summed E-state index contributed by atoms with van der Waals surface area (Å²) in [5.74, 6) is 2.51. The van der Waals surface area contributed by atoms with E-state index in [1.807, 2.05) is 13.0 Å². The second-order valence-electron chi connectivity index (χ2n) is 7.46. The number of nitrogens with one attached hydrogen (secondary N) is 2. The second kappa shape index (κ2) is 9.22. The quantitative estimate of drug-likeness (QED) is 0.518. The Kier molecular flexibility index (Phi) is 6.38. The van der Waals surface area contributed by atoms with Gasteiger partial charge >= 0.3 is 0 Å². The van der Waals surface area contributed by atoms with Crippen LogP contribution < -0.4 is 19.7 Å². The number of methoxy groups -OCH3 is 1. The van der Waals surface area contributed by atoms with Crippen molar-refractivity contribution in [2.75, 3.05) is 35.1 Å². The number of aromatic nitrogens is 2. The molecule has 0 radical (unpaired) electrons. The van der Waals surface area contributed by atoms with Crippen molar-refractivity contribution in [3.8, 4) is 5.75 Å². The zero-order valence-corrected chi connectivity index (χ0v) is 19.4. The molecule has 8 nitrogen and oxygen atoms in total. The second-order valence-corrected chi connectivity index (χ2v) is 9.54. The van der Waals surface area contributed by atoms with Crippen LogP contribution in [0.1, 0.15) is 18.7 Å². The van der Waals surface area contributed by atoms with Gasteiger partial charge in [0, 0.05) is 35.6 Å². The fourth-order valence-electron chi connectivity index (χ4n) is 3.56. The third-order valence-corrected chi connectivity index (χ3v) is 6.72. The minimum absolute atomic E-state index is 0.0272. The van der Waals surface area contributed by atoms with Gasteiger partial charge in [0.2, 0.25) is 0 Å². The normalized spacial score (nSPS) is 13.8. The molecule has 2 N–H and O–H groups in total. The third-order valence-electron chi connectivity index (χ3n) is 5.08. The van der Waals surface area contributed by atoms with E-state index in [4.69, 9.17) is 16.3 Å². The fraction of sp³-hybridized carbons (Fsp3) is 0.273. The van der Waals surface area contributed by atoms with Crippen molar-refractivity contribution < 1.29 is 13.2 Å². The van der Waals surface area contributed by atoms with Gasteiger partial charge in [-0.25, -0.2) is 18.4 Å². The van der Waals surface area contributed by atoms with Crippen LogP contribution in [0.3, 0.4) is 0 Å². The molecule has 0 aliphatic carbocycles. The van der Waals surface area contributed by atoms with Crippen LogP contribution in [0.25, 0.3) is 0 Å². The van der Waals surface area contributed by atoms with E-state index in [2.05, 4.69) is 24.9 Å². The van der Waals surface area contributed by atoms with Gasteiger partial charge in [0.1, 0.15) is 28.1 Å². The molecule has 4 rings (SSSR count). The Morgan fingerprint density at radius 1 is 1.00 bits per heavy atom. The Balaban J connectivity index is 1.50. The first-order valence-electron chi connectivity index (χ1n) is 10.2. The molecule has 168 valence electrons. The number of ether oxygens (including phenoxy) is 1. The number of anilines is 4. The lowest BCUT2D eigenvalue weighted by Gasteiger charge is -2.18. The van der Waals surface area contributed by atoms with E-state index in [0.29, 0.717) is 22.4 Å². The minimum Gasteiger partial charge on any atom is -0.495 e. The first-order chi connectivity index (χ1) is 15.3. The molecule has 0 spiro atoms. The van der Waals surface area contributed by atoms with Crippen LogP contribution in [0.4, 0.5) is 23.0 Å². The van der Waals surface area contributed by atoms with E-state index in [-0.39, 0.29) is 10.6 Å². The molecule has 1 aliphatic heterocycles. The summed E-state index contributed by atoms with van der Waals surface area (Å²) >= 11 is 5.97.